The molecule has 1 fully saturated rings. The van der Waals surface area contributed by atoms with E-state index in [1.54, 1.807) is 0 Å². The van der Waals surface area contributed by atoms with Crippen LogP contribution in [0, 0.1) is 6.92 Å². The second-order valence-corrected chi connectivity index (χ2v) is 7.93. The van der Waals surface area contributed by atoms with E-state index in [2.05, 4.69) is 10.1 Å². The summed E-state index contributed by atoms with van der Waals surface area (Å²) in [4.78, 5) is 22.1. The van der Waals surface area contributed by atoms with Crippen molar-refractivity contribution in [2.75, 3.05) is 0 Å². The molecule has 140 valence electrons. The lowest BCUT2D eigenvalue weighted by molar-refractivity contribution is 0.391. The van der Waals surface area contributed by atoms with Crippen molar-refractivity contribution in [1.82, 2.24) is 19.7 Å². The highest BCUT2D eigenvalue weighted by atomic mass is 32.2. The maximum Gasteiger partial charge on any atom is 0.262 e. The summed E-state index contributed by atoms with van der Waals surface area (Å²) in [5.74, 6) is 1.56. The monoisotopic (exact) mass is 390 g/mol. The number of hydrogen-bond acceptors (Lipinski definition) is 6. The van der Waals surface area contributed by atoms with Gasteiger partial charge in [-0.15, -0.1) is 0 Å². The van der Waals surface area contributed by atoms with Crippen molar-refractivity contribution in [2.24, 2.45) is 0 Å². The summed E-state index contributed by atoms with van der Waals surface area (Å²) < 4.78 is 7.23. The van der Waals surface area contributed by atoms with Crippen LogP contribution < -0.4 is 5.56 Å². The van der Waals surface area contributed by atoms with Crippen LogP contribution in [0.3, 0.4) is 0 Å². The molecule has 5 rings (SSSR count). The molecular weight excluding hydrogens is 372 g/mol. The fourth-order valence-electron chi connectivity index (χ4n) is 3.14. The Morgan fingerprint density at radius 1 is 1.11 bits per heavy atom. The molecule has 1 aliphatic carbocycles. The van der Waals surface area contributed by atoms with Crippen molar-refractivity contribution in [3.8, 4) is 11.4 Å². The van der Waals surface area contributed by atoms with Gasteiger partial charge in [-0.2, -0.15) is 4.98 Å². The van der Waals surface area contributed by atoms with Crippen molar-refractivity contribution in [1.29, 1.82) is 0 Å². The first-order valence-electron chi connectivity index (χ1n) is 9.23. The Hall–Kier alpha value is -2.93. The lowest BCUT2D eigenvalue weighted by Gasteiger charge is -2.11. The van der Waals surface area contributed by atoms with Crippen LogP contribution in [0.15, 0.2) is 63.0 Å². The Balaban J connectivity index is 1.43. The molecular formula is C21H18N4O2S. The number of rotatable bonds is 5. The first-order valence-corrected chi connectivity index (χ1v) is 10.2. The lowest BCUT2D eigenvalue weighted by Crippen LogP contribution is -2.22. The molecule has 2 aromatic carbocycles. The highest BCUT2D eigenvalue weighted by molar-refractivity contribution is 7.98. The number of benzene rings is 2. The second kappa shape index (κ2) is 6.91. The summed E-state index contributed by atoms with van der Waals surface area (Å²) in [6.45, 7) is 2.04. The predicted octanol–water partition coefficient (Wildman–Crippen LogP) is 4.38. The molecule has 1 saturated carbocycles. The van der Waals surface area contributed by atoms with E-state index >= 15 is 0 Å². The molecule has 0 unspecified atom stereocenters. The van der Waals surface area contributed by atoms with Gasteiger partial charge in [-0.1, -0.05) is 58.9 Å². The Kier molecular flexibility index (Phi) is 4.24. The van der Waals surface area contributed by atoms with E-state index in [9.17, 15) is 4.79 Å². The maximum atomic E-state index is 12.9. The predicted molar refractivity (Wildman–Crippen MR) is 108 cm³/mol. The van der Waals surface area contributed by atoms with Gasteiger partial charge < -0.3 is 4.52 Å². The van der Waals surface area contributed by atoms with Crippen LogP contribution in [0.5, 0.6) is 0 Å². The van der Waals surface area contributed by atoms with Gasteiger partial charge in [0, 0.05) is 11.6 Å². The molecule has 0 spiro atoms. The fraction of sp³-hybridized carbons (Fsp3) is 0.238. The summed E-state index contributed by atoms with van der Waals surface area (Å²) >= 11 is 1.46. The van der Waals surface area contributed by atoms with Gasteiger partial charge in [0.2, 0.25) is 11.7 Å². The zero-order valence-electron chi connectivity index (χ0n) is 15.3. The number of para-hydroxylation sites is 1. The highest BCUT2D eigenvalue weighted by Crippen LogP contribution is 2.37. The van der Waals surface area contributed by atoms with Gasteiger partial charge >= 0.3 is 0 Å². The Labute approximate surface area is 165 Å². The van der Waals surface area contributed by atoms with E-state index in [0.717, 1.165) is 23.9 Å². The highest BCUT2D eigenvalue weighted by Gasteiger charge is 2.28. The van der Waals surface area contributed by atoms with Crippen molar-refractivity contribution >= 4 is 22.7 Å². The standard InChI is InChI=1S/C21H18N4O2S/c1-13-6-8-14(9-7-13)19-23-18(27-24-19)12-28-21-22-17-5-3-2-4-16(17)20(26)25(21)15-10-11-15/h2-9,15H,10-12H2,1H3. The maximum absolute atomic E-state index is 12.9. The van der Waals surface area contributed by atoms with Crippen LogP contribution in [-0.2, 0) is 5.75 Å². The van der Waals surface area contributed by atoms with Crippen molar-refractivity contribution < 1.29 is 4.52 Å². The second-order valence-electron chi connectivity index (χ2n) is 6.98. The average Bonchev–Trinajstić information content (AvgIpc) is 3.43. The fourth-order valence-corrected chi connectivity index (χ4v) is 4.05. The summed E-state index contributed by atoms with van der Waals surface area (Å²) in [5, 5.41) is 5.45. The van der Waals surface area contributed by atoms with Crippen LogP contribution >= 0.6 is 11.8 Å². The van der Waals surface area contributed by atoms with Gasteiger partial charge in [-0.3, -0.25) is 9.36 Å². The zero-order chi connectivity index (χ0) is 19.1. The minimum absolute atomic E-state index is 0.0291. The number of thioether (sulfide) groups is 1. The topological polar surface area (TPSA) is 73.8 Å². The normalized spacial score (nSPS) is 13.9. The van der Waals surface area contributed by atoms with Gasteiger partial charge in [0.25, 0.3) is 5.56 Å². The summed E-state index contributed by atoms with van der Waals surface area (Å²) in [5.41, 5.74) is 2.85. The zero-order valence-corrected chi connectivity index (χ0v) is 16.1. The van der Waals surface area contributed by atoms with E-state index in [1.165, 1.54) is 17.3 Å². The molecule has 0 atom stereocenters. The minimum Gasteiger partial charge on any atom is -0.338 e. The molecule has 0 amide bonds. The first kappa shape index (κ1) is 17.2. The Morgan fingerprint density at radius 2 is 1.89 bits per heavy atom. The summed E-state index contributed by atoms with van der Waals surface area (Å²) in [7, 11) is 0. The number of fused-ring (bicyclic) bond motifs is 1. The van der Waals surface area contributed by atoms with Crippen molar-refractivity contribution in [3.05, 3.63) is 70.3 Å². The molecule has 0 N–H and O–H groups in total. The average molecular weight is 390 g/mol. The lowest BCUT2D eigenvalue weighted by atomic mass is 10.1. The van der Waals surface area contributed by atoms with E-state index in [0.29, 0.717) is 28.0 Å². The van der Waals surface area contributed by atoms with Crippen molar-refractivity contribution in [2.45, 2.75) is 36.7 Å². The molecule has 2 aromatic heterocycles. The van der Waals surface area contributed by atoms with E-state index < -0.39 is 0 Å². The van der Waals surface area contributed by atoms with Crippen LogP contribution in [0.25, 0.3) is 22.3 Å². The molecule has 2 heterocycles. The van der Waals surface area contributed by atoms with E-state index in [-0.39, 0.29) is 11.6 Å². The number of aryl methyl sites for hydroxylation is 1. The molecule has 0 aliphatic heterocycles. The minimum atomic E-state index is 0.0291. The van der Waals surface area contributed by atoms with E-state index in [1.807, 2.05) is 60.0 Å². The molecule has 0 bridgehead atoms. The third-order valence-corrected chi connectivity index (χ3v) is 5.73. The van der Waals surface area contributed by atoms with Crippen LogP contribution in [0.2, 0.25) is 0 Å². The molecule has 6 nitrogen and oxygen atoms in total. The van der Waals surface area contributed by atoms with Crippen LogP contribution in [-0.4, -0.2) is 19.7 Å². The quantitative estimate of drug-likeness (QED) is 0.372. The summed E-state index contributed by atoms with van der Waals surface area (Å²) in [6, 6.07) is 15.7. The Morgan fingerprint density at radius 3 is 2.68 bits per heavy atom. The first-order chi connectivity index (χ1) is 13.7. The van der Waals surface area contributed by atoms with Gasteiger partial charge in [-0.05, 0) is 31.9 Å². The molecule has 1 aliphatic rings. The van der Waals surface area contributed by atoms with Crippen molar-refractivity contribution in [3.63, 3.8) is 0 Å². The molecule has 0 saturated heterocycles. The third-order valence-electron chi connectivity index (χ3n) is 4.79. The van der Waals surface area contributed by atoms with E-state index in [4.69, 9.17) is 9.51 Å². The molecule has 0 radical (unpaired) electrons. The molecule has 28 heavy (non-hydrogen) atoms. The number of nitrogens with zero attached hydrogens (tertiary/aromatic N) is 4. The van der Waals surface area contributed by atoms with Crippen LogP contribution in [0.1, 0.15) is 30.3 Å². The van der Waals surface area contributed by atoms with Gasteiger partial charge in [0.1, 0.15) is 0 Å². The molecule has 7 heteroatoms. The smallest absolute Gasteiger partial charge is 0.262 e. The Bertz CT molecular complexity index is 1210. The molecule has 4 aromatic rings. The largest absolute Gasteiger partial charge is 0.338 e. The third kappa shape index (κ3) is 3.22. The number of hydrogen-bond donors (Lipinski definition) is 0. The number of aromatic nitrogens is 4. The van der Waals surface area contributed by atoms with Gasteiger partial charge in [0.05, 0.1) is 16.7 Å². The summed E-state index contributed by atoms with van der Waals surface area (Å²) in [6.07, 6.45) is 2.04. The van der Waals surface area contributed by atoms with Gasteiger partial charge in [0.15, 0.2) is 5.16 Å². The van der Waals surface area contributed by atoms with Gasteiger partial charge in [-0.25, -0.2) is 4.98 Å². The van der Waals surface area contributed by atoms with Crippen LogP contribution in [0.4, 0.5) is 0 Å². The SMILES string of the molecule is Cc1ccc(-c2noc(CSc3nc4ccccc4c(=O)n3C3CC3)n2)cc1.